The van der Waals surface area contributed by atoms with Crippen molar-refractivity contribution >= 4 is 18.1 Å². The van der Waals surface area contributed by atoms with E-state index >= 15 is 0 Å². The SMILES string of the molecule is CCn1cc(-c2ccc(C#N)cc2)nc1C=Cc1ccc(-c2ccc(OCCCC(=O)OC)cc2)cc1. The molecule has 0 spiro atoms. The van der Waals surface area contributed by atoms with Crippen molar-refractivity contribution in [3.63, 3.8) is 0 Å². The Morgan fingerprint density at radius 1 is 0.946 bits per heavy atom. The topological polar surface area (TPSA) is 77.1 Å². The zero-order valence-corrected chi connectivity index (χ0v) is 21.1. The Morgan fingerprint density at radius 2 is 1.59 bits per heavy atom. The first-order chi connectivity index (χ1) is 18.1. The first kappa shape index (κ1) is 25.5. The quantitative estimate of drug-likeness (QED) is 0.184. The van der Waals surface area contributed by atoms with Crippen LogP contribution in [-0.2, 0) is 16.1 Å². The standard InChI is InChI=1S/C31H29N3O3/c1-3-34-22-29(27-13-8-24(21-32)9-14-27)33-30(34)19-10-23-6-11-25(12-7-23)26-15-17-28(18-16-26)37-20-4-5-31(35)36-2/h6-19,22H,3-5,20H2,1-2H3. The predicted octanol–water partition coefficient (Wildman–Crippen LogP) is 6.61. The van der Waals surface area contributed by atoms with Crippen LogP contribution in [0.25, 0.3) is 34.5 Å². The Bertz CT molecular complexity index is 1390. The van der Waals surface area contributed by atoms with Crippen LogP contribution in [0.2, 0.25) is 0 Å². The molecular formula is C31H29N3O3. The summed E-state index contributed by atoms with van der Waals surface area (Å²) < 4.78 is 12.5. The number of methoxy groups -OCH3 is 1. The van der Waals surface area contributed by atoms with E-state index in [4.69, 9.17) is 15.0 Å². The van der Waals surface area contributed by atoms with E-state index < -0.39 is 0 Å². The summed E-state index contributed by atoms with van der Waals surface area (Å²) in [5.74, 6) is 1.44. The summed E-state index contributed by atoms with van der Waals surface area (Å²) in [6.07, 6.45) is 7.10. The van der Waals surface area contributed by atoms with Crippen LogP contribution < -0.4 is 4.74 Å². The van der Waals surface area contributed by atoms with E-state index in [0.717, 1.165) is 46.1 Å². The molecule has 0 N–H and O–H groups in total. The van der Waals surface area contributed by atoms with Gasteiger partial charge in [0, 0.05) is 24.7 Å². The molecule has 3 aromatic carbocycles. The lowest BCUT2D eigenvalue weighted by molar-refractivity contribution is -0.140. The summed E-state index contributed by atoms with van der Waals surface area (Å²) in [6, 6.07) is 25.9. The van der Waals surface area contributed by atoms with Gasteiger partial charge in [-0.1, -0.05) is 54.6 Å². The van der Waals surface area contributed by atoms with Gasteiger partial charge >= 0.3 is 5.97 Å². The highest BCUT2D eigenvalue weighted by Gasteiger charge is 2.07. The summed E-state index contributed by atoms with van der Waals surface area (Å²) in [6.45, 7) is 3.38. The number of hydrogen-bond donors (Lipinski definition) is 0. The summed E-state index contributed by atoms with van der Waals surface area (Å²) in [5.41, 5.74) is 5.82. The second kappa shape index (κ2) is 12.4. The molecule has 0 aliphatic rings. The molecule has 1 heterocycles. The fraction of sp³-hybridized carbons (Fsp3) is 0.194. The van der Waals surface area contributed by atoms with Crippen molar-refractivity contribution in [2.24, 2.45) is 0 Å². The molecule has 4 rings (SSSR count). The Hall–Kier alpha value is -4.63. The van der Waals surface area contributed by atoms with Crippen LogP contribution >= 0.6 is 0 Å². The lowest BCUT2D eigenvalue weighted by Crippen LogP contribution is -2.04. The average molecular weight is 492 g/mol. The molecular weight excluding hydrogens is 462 g/mol. The Labute approximate surface area is 217 Å². The van der Waals surface area contributed by atoms with E-state index in [1.807, 2.05) is 60.8 Å². The van der Waals surface area contributed by atoms with Gasteiger partial charge in [-0.05, 0) is 60.4 Å². The smallest absolute Gasteiger partial charge is 0.305 e. The first-order valence-electron chi connectivity index (χ1n) is 12.3. The number of aromatic nitrogens is 2. The summed E-state index contributed by atoms with van der Waals surface area (Å²) in [7, 11) is 1.39. The zero-order valence-electron chi connectivity index (χ0n) is 21.1. The number of carbonyl (C=O) groups excluding carboxylic acids is 1. The monoisotopic (exact) mass is 491 g/mol. The molecule has 37 heavy (non-hydrogen) atoms. The maximum Gasteiger partial charge on any atom is 0.305 e. The van der Waals surface area contributed by atoms with Gasteiger partial charge in [0.25, 0.3) is 0 Å². The van der Waals surface area contributed by atoms with Crippen LogP contribution in [0.3, 0.4) is 0 Å². The van der Waals surface area contributed by atoms with Crippen LogP contribution in [-0.4, -0.2) is 29.2 Å². The van der Waals surface area contributed by atoms with Crippen molar-refractivity contribution < 1.29 is 14.3 Å². The molecule has 0 amide bonds. The van der Waals surface area contributed by atoms with Gasteiger partial charge in [0.05, 0.1) is 31.0 Å². The molecule has 0 bridgehead atoms. The van der Waals surface area contributed by atoms with Crippen LogP contribution in [0.1, 0.15) is 36.7 Å². The fourth-order valence-corrected chi connectivity index (χ4v) is 3.88. The summed E-state index contributed by atoms with van der Waals surface area (Å²) in [5, 5.41) is 9.02. The number of rotatable bonds is 10. The van der Waals surface area contributed by atoms with E-state index in [1.54, 1.807) is 0 Å². The molecule has 0 atom stereocenters. The molecule has 6 heteroatoms. The van der Waals surface area contributed by atoms with Crippen LogP contribution in [0.5, 0.6) is 5.75 Å². The highest BCUT2D eigenvalue weighted by molar-refractivity contribution is 5.72. The molecule has 186 valence electrons. The van der Waals surface area contributed by atoms with Crippen molar-refractivity contribution in [1.29, 1.82) is 5.26 Å². The first-order valence-corrected chi connectivity index (χ1v) is 12.3. The van der Waals surface area contributed by atoms with Gasteiger partial charge in [0.15, 0.2) is 0 Å². The summed E-state index contributed by atoms with van der Waals surface area (Å²) in [4.78, 5) is 16.0. The third kappa shape index (κ3) is 6.74. The Kier molecular flexibility index (Phi) is 8.51. The lowest BCUT2D eigenvalue weighted by Gasteiger charge is -2.07. The van der Waals surface area contributed by atoms with E-state index in [1.165, 1.54) is 7.11 Å². The van der Waals surface area contributed by atoms with Gasteiger partial charge in [-0.15, -0.1) is 0 Å². The summed E-state index contributed by atoms with van der Waals surface area (Å²) >= 11 is 0. The Morgan fingerprint density at radius 3 is 2.22 bits per heavy atom. The van der Waals surface area contributed by atoms with E-state index in [0.29, 0.717) is 25.0 Å². The lowest BCUT2D eigenvalue weighted by atomic mass is 10.0. The van der Waals surface area contributed by atoms with Crippen molar-refractivity contribution in [3.8, 4) is 34.2 Å². The van der Waals surface area contributed by atoms with Gasteiger partial charge in [-0.25, -0.2) is 4.98 Å². The molecule has 1 aromatic heterocycles. The number of imidazole rings is 1. The number of benzene rings is 3. The largest absolute Gasteiger partial charge is 0.494 e. The van der Waals surface area contributed by atoms with E-state index in [2.05, 4.69) is 52.6 Å². The van der Waals surface area contributed by atoms with Crippen molar-refractivity contribution in [2.45, 2.75) is 26.3 Å². The third-order valence-corrected chi connectivity index (χ3v) is 6.00. The van der Waals surface area contributed by atoms with Gasteiger partial charge in [-0.3, -0.25) is 4.79 Å². The fourth-order valence-electron chi connectivity index (χ4n) is 3.88. The minimum Gasteiger partial charge on any atom is -0.494 e. The molecule has 0 fully saturated rings. The van der Waals surface area contributed by atoms with E-state index in [-0.39, 0.29) is 5.97 Å². The molecule has 4 aromatic rings. The number of aryl methyl sites for hydroxylation is 1. The highest BCUT2D eigenvalue weighted by Crippen LogP contribution is 2.24. The van der Waals surface area contributed by atoms with Gasteiger partial charge in [0.2, 0.25) is 0 Å². The van der Waals surface area contributed by atoms with Crippen molar-refractivity contribution in [2.75, 3.05) is 13.7 Å². The molecule has 0 aliphatic carbocycles. The number of ether oxygens (including phenoxy) is 2. The van der Waals surface area contributed by atoms with E-state index in [9.17, 15) is 4.79 Å². The van der Waals surface area contributed by atoms with Gasteiger partial charge in [-0.2, -0.15) is 5.26 Å². The molecule has 0 saturated heterocycles. The zero-order chi connectivity index (χ0) is 26.0. The maximum absolute atomic E-state index is 11.2. The minimum atomic E-state index is -0.222. The van der Waals surface area contributed by atoms with Crippen molar-refractivity contribution in [1.82, 2.24) is 9.55 Å². The third-order valence-electron chi connectivity index (χ3n) is 6.00. The molecule has 6 nitrogen and oxygen atoms in total. The number of esters is 1. The number of nitrogens with zero attached hydrogens (tertiary/aromatic N) is 3. The molecule has 0 unspecified atom stereocenters. The second-order valence-corrected chi connectivity index (χ2v) is 8.47. The molecule has 0 radical (unpaired) electrons. The van der Waals surface area contributed by atoms with Crippen LogP contribution in [0, 0.1) is 11.3 Å². The maximum atomic E-state index is 11.2. The minimum absolute atomic E-state index is 0.222. The normalized spacial score (nSPS) is 10.8. The number of hydrogen-bond acceptors (Lipinski definition) is 5. The Balaban J connectivity index is 1.39. The number of nitriles is 1. The van der Waals surface area contributed by atoms with Gasteiger partial charge in [0.1, 0.15) is 11.6 Å². The highest BCUT2D eigenvalue weighted by atomic mass is 16.5. The second-order valence-electron chi connectivity index (χ2n) is 8.47. The molecule has 0 aliphatic heterocycles. The molecule has 0 saturated carbocycles. The number of carbonyl (C=O) groups is 1. The van der Waals surface area contributed by atoms with Crippen LogP contribution in [0.15, 0.2) is 79.0 Å². The predicted molar refractivity (Wildman–Crippen MR) is 146 cm³/mol. The van der Waals surface area contributed by atoms with Crippen LogP contribution in [0.4, 0.5) is 0 Å². The van der Waals surface area contributed by atoms with Crippen molar-refractivity contribution in [3.05, 3.63) is 95.9 Å². The van der Waals surface area contributed by atoms with Gasteiger partial charge < -0.3 is 14.0 Å². The average Bonchev–Trinajstić information content (AvgIpc) is 3.38.